The Labute approximate surface area is 101 Å². The fraction of sp³-hybridized carbons (Fsp3) is 0.286. The van der Waals surface area contributed by atoms with Gasteiger partial charge in [0, 0.05) is 17.3 Å². The standard InChI is InChI=1S/C14H15N3/c1-14(8-9-14)12-7-10-15-13(17-12)16-11-5-3-2-4-6-11/h2-7,10H,8-9H2,1H3,(H,15,16,17). The van der Waals surface area contributed by atoms with Crippen molar-refractivity contribution in [1.29, 1.82) is 0 Å². The zero-order chi connectivity index (χ0) is 11.7. The van der Waals surface area contributed by atoms with Crippen LogP contribution in [0, 0.1) is 0 Å². The number of nitrogens with zero attached hydrogens (tertiary/aromatic N) is 2. The summed E-state index contributed by atoms with van der Waals surface area (Å²) < 4.78 is 0. The topological polar surface area (TPSA) is 37.8 Å². The van der Waals surface area contributed by atoms with Crippen LogP contribution in [0.2, 0.25) is 0 Å². The summed E-state index contributed by atoms with van der Waals surface area (Å²) in [4.78, 5) is 8.83. The van der Waals surface area contributed by atoms with Crippen LogP contribution in [-0.4, -0.2) is 9.97 Å². The summed E-state index contributed by atoms with van der Waals surface area (Å²) in [7, 11) is 0. The first-order valence-corrected chi connectivity index (χ1v) is 5.92. The van der Waals surface area contributed by atoms with E-state index in [-0.39, 0.29) is 5.41 Å². The molecule has 1 N–H and O–H groups in total. The second-order valence-electron chi connectivity index (χ2n) is 4.82. The van der Waals surface area contributed by atoms with Crippen LogP contribution in [0.5, 0.6) is 0 Å². The van der Waals surface area contributed by atoms with Gasteiger partial charge in [0.1, 0.15) is 0 Å². The van der Waals surface area contributed by atoms with Gasteiger partial charge in [-0.15, -0.1) is 0 Å². The molecule has 0 saturated heterocycles. The molecule has 1 aromatic carbocycles. The van der Waals surface area contributed by atoms with Gasteiger partial charge < -0.3 is 5.32 Å². The Kier molecular flexibility index (Phi) is 2.32. The Balaban J connectivity index is 1.84. The number of hydrogen-bond donors (Lipinski definition) is 1. The summed E-state index contributed by atoms with van der Waals surface area (Å²) >= 11 is 0. The predicted molar refractivity (Wildman–Crippen MR) is 68.3 cm³/mol. The van der Waals surface area contributed by atoms with Crippen molar-refractivity contribution in [3.05, 3.63) is 48.3 Å². The fourth-order valence-corrected chi connectivity index (χ4v) is 1.85. The third kappa shape index (κ3) is 2.13. The molecule has 1 saturated carbocycles. The van der Waals surface area contributed by atoms with E-state index < -0.39 is 0 Å². The van der Waals surface area contributed by atoms with E-state index in [1.54, 1.807) is 0 Å². The molecule has 0 radical (unpaired) electrons. The van der Waals surface area contributed by atoms with Crippen molar-refractivity contribution in [3.63, 3.8) is 0 Å². The molecule has 0 unspecified atom stereocenters. The van der Waals surface area contributed by atoms with E-state index in [1.807, 2.05) is 42.6 Å². The van der Waals surface area contributed by atoms with E-state index in [0.717, 1.165) is 11.4 Å². The molecule has 1 aromatic heterocycles. The van der Waals surface area contributed by atoms with Gasteiger partial charge in [0.15, 0.2) is 0 Å². The maximum atomic E-state index is 4.58. The number of hydrogen-bond acceptors (Lipinski definition) is 3. The third-order valence-corrected chi connectivity index (χ3v) is 3.30. The fourth-order valence-electron chi connectivity index (χ4n) is 1.85. The highest BCUT2D eigenvalue weighted by atomic mass is 15.1. The van der Waals surface area contributed by atoms with Gasteiger partial charge in [-0.25, -0.2) is 9.97 Å². The number of nitrogens with one attached hydrogen (secondary N) is 1. The van der Waals surface area contributed by atoms with Crippen LogP contribution in [0.4, 0.5) is 11.6 Å². The normalized spacial score (nSPS) is 16.5. The molecule has 17 heavy (non-hydrogen) atoms. The smallest absolute Gasteiger partial charge is 0.227 e. The number of para-hydroxylation sites is 1. The van der Waals surface area contributed by atoms with Crippen molar-refractivity contribution >= 4 is 11.6 Å². The molecule has 1 fully saturated rings. The van der Waals surface area contributed by atoms with E-state index >= 15 is 0 Å². The molecule has 3 rings (SSSR count). The SMILES string of the molecule is CC1(c2ccnc(Nc3ccccc3)n2)CC1. The Morgan fingerprint density at radius 1 is 1.12 bits per heavy atom. The number of rotatable bonds is 3. The summed E-state index contributed by atoms with van der Waals surface area (Å²) in [5, 5.41) is 3.22. The lowest BCUT2D eigenvalue weighted by molar-refractivity contribution is 0.746. The van der Waals surface area contributed by atoms with Crippen LogP contribution in [0.3, 0.4) is 0 Å². The van der Waals surface area contributed by atoms with Crippen molar-refractivity contribution in [2.75, 3.05) is 5.32 Å². The summed E-state index contributed by atoms with van der Waals surface area (Å²) in [5.74, 6) is 0.682. The molecule has 0 amide bonds. The Bertz CT molecular complexity index is 518. The molecule has 2 aromatic rings. The minimum absolute atomic E-state index is 0.288. The summed E-state index contributed by atoms with van der Waals surface area (Å²) in [6.45, 7) is 2.25. The number of benzene rings is 1. The second-order valence-corrected chi connectivity index (χ2v) is 4.82. The molecule has 86 valence electrons. The van der Waals surface area contributed by atoms with Gasteiger partial charge >= 0.3 is 0 Å². The van der Waals surface area contributed by atoms with Gasteiger partial charge in [-0.3, -0.25) is 0 Å². The van der Waals surface area contributed by atoms with E-state index in [0.29, 0.717) is 5.95 Å². The van der Waals surface area contributed by atoms with Crippen LogP contribution >= 0.6 is 0 Å². The van der Waals surface area contributed by atoms with Crippen LogP contribution in [0.1, 0.15) is 25.5 Å². The minimum atomic E-state index is 0.288. The first-order valence-electron chi connectivity index (χ1n) is 5.92. The van der Waals surface area contributed by atoms with Crippen molar-refractivity contribution in [1.82, 2.24) is 9.97 Å². The Morgan fingerprint density at radius 2 is 1.88 bits per heavy atom. The highest BCUT2D eigenvalue weighted by molar-refractivity contribution is 5.52. The molecule has 1 aliphatic rings. The lowest BCUT2D eigenvalue weighted by Crippen LogP contribution is -2.06. The molecule has 0 atom stereocenters. The Hall–Kier alpha value is -1.90. The van der Waals surface area contributed by atoms with Gasteiger partial charge in [-0.05, 0) is 31.0 Å². The van der Waals surface area contributed by atoms with Crippen molar-refractivity contribution in [3.8, 4) is 0 Å². The second kappa shape index (κ2) is 3.84. The summed E-state index contributed by atoms with van der Waals surface area (Å²) in [5.41, 5.74) is 2.45. The van der Waals surface area contributed by atoms with Gasteiger partial charge in [0.2, 0.25) is 5.95 Å². The van der Waals surface area contributed by atoms with E-state index in [4.69, 9.17) is 0 Å². The lowest BCUT2D eigenvalue weighted by atomic mass is 10.1. The largest absolute Gasteiger partial charge is 0.324 e. The molecule has 0 spiro atoms. The molecular formula is C14H15N3. The number of anilines is 2. The van der Waals surface area contributed by atoms with E-state index in [1.165, 1.54) is 12.8 Å². The summed E-state index contributed by atoms with van der Waals surface area (Å²) in [6.07, 6.45) is 4.29. The predicted octanol–water partition coefficient (Wildman–Crippen LogP) is 3.27. The van der Waals surface area contributed by atoms with Gasteiger partial charge in [0.05, 0.1) is 5.69 Å². The quantitative estimate of drug-likeness (QED) is 0.871. The molecule has 1 heterocycles. The average Bonchev–Trinajstić information content (AvgIpc) is 3.11. The van der Waals surface area contributed by atoms with Crippen LogP contribution in [-0.2, 0) is 5.41 Å². The van der Waals surface area contributed by atoms with Crippen molar-refractivity contribution < 1.29 is 0 Å². The first-order chi connectivity index (χ1) is 8.26. The van der Waals surface area contributed by atoms with Crippen LogP contribution in [0.25, 0.3) is 0 Å². The minimum Gasteiger partial charge on any atom is -0.324 e. The van der Waals surface area contributed by atoms with Gasteiger partial charge in [-0.2, -0.15) is 0 Å². The molecular weight excluding hydrogens is 210 g/mol. The monoisotopic (exact) mass is 225 g/mol. The van der Waals surface area contributed by atoms with Gasteiger partial charge in [0.25, 0.3) is 0 Å². The number of aromatic nitrogens is 2. The molecule has 0 aliphatic heterocycles. The lowest BCUT2D eigenvalue weighted by Gasteiger charge is -2.09. The average molecular weight is 225 g/mol. The molecule has 3 nitrogen and oxygen atoms in total. The molecule has 0 bridgehead atoms. The maximum absolute atomic E-state index is 4.58. The Morgan fingerprint density at radius 3 is 2.59 bits per heavy atom. The van der Waals surface area contributed by atoms with E-state index in [9.17, 15) is 0 Å². The van der Waals surface area contributed by atoms with Crippen molar-refractivity contribution in [2.45, 2.75) is 25.2 Å². The highest BCUT2D eigenvalue weighted by Crippen LogP contribution is 2.46. The van der Waals surface area contributed by atoms with Crippen LogP contribution < -0.4 is 5.32 Å². The van der Waals surface area contributed by atoms with E-state index in [2.05, 4.69) is 22.2 Å². The zero-order valence-corrected chi connectivity index (χ0v) is 9.85. The summed E-state index contributed by atoms with van der Waals surface area (Å²) in [6, 6.07) is 12.0. The molecule has 3 heteroatoms. The molecule has 1 aliphatic carbocycles. The third-order valence-electron chi connectivity index (χ3n) is 3.30. The van der Waals surface area contributed by atoms with Crippen LogP contribution in [0.15, 0.2) is 42.6 Å². The highest BCUT2D eigenvalue weighted by Gasteiger charge is 2.40. The first kappa shape index (κ1) is 10.3. The van der Waals surface area contributed by atoms with Crippen molar-refractivity contribution in [2.24, 2.45) is 0 Å². The zero-order valence-electron chi connectivity index (χ0n) is 9.85. The maximum Gasteiger partial charge on any atom is 0.227 e. The van der Waals surface area contributed by atoms with Gasteiger partial charge in [-0.1, -0.05) is 25.1 Å².